The Morgan fingerprint density at radius 2 is 2.40 bits per heavy atom. The van der Waals surface area contributed by atoms with Crippen LogP contribution in [0.3, 0.4) is 0 Å². The van der Waals surface area contributed by atoms with Gasteiger partial charge in [0, 0.05) is 12.4 Å². The SMILES string of the molecule is CCCNCC(C)CSCC1CCCO1. The van der Waals surface area contributed by atoms with Crippen LogP contribution in [0.15, 0.2) is 0 Å². The van der Waals surface area contributed by atoms with Gasteiger partial charge in [-0.2, -0.15) is 11.8 Å². The Morgan fingerprint density at radius 1 is 1.53 bits per heavy atom. The van der Waals surface area contributed by atoms with Crippen LogP contribution in [0.5, 0.6) is 0 Å². The molecule has 0 aromatic carbocycles. The summed E-state index contributed by atoms with van der Waals surface area (Å²) < 4.78 is 5.60. The van der Waals surface area contributed by atoms with Crippen LogP contribution in [-0.4, -0.2) is 37.3 Å². The first-order valence-corrected chi connectivity index (χ1v) is 7.38. The first kappa shape index (κ1) is 13.3. The van der Waals surface area contributed by atoms with E-state index in [2.05, 4.69) is 30.9 Å². The fourth-order valence-electron chi connectivity index (χ4n) is 1.76. The minimum Gasteiger partial charge on any atom is -0.377 e. The van der Waals surface area contributed by atoms with E-state index in [4.69, 9.17) is 4.74 Å². The van der Waals surface area contributed by atoms with Gasteiger partial charge in [-0.25, -0.2) is 0 Å². The lowest BCUT2D eigenvalue weighted by molar-refractivity contribution is 0.129. The van der Waals surface area contributed by atoms with Crippen molar-refractivity contribution in [1.29, 1.82) is 0 Å². The van der Waals surface area contributed by atoms with E-state index in [0.29, 0.717) is 6.10 Å². The third kappa shape index (κ3) is 6.44. The Hall–Kier alpha value is 0.270. The van der Waals surface area contributed by atoms with Crippen LogP contribution in [0.25, 0.3) is 0 Å². The van der Waals surface area contributed by atoms with E-state index in [1.807, 2.05) is 0 Å². The summed E-state index contributed by atoms with van der Waals surface area (Å²) in [5.41, 5.74) is 0. The lowest BCUT2D eigenvalue weighted by atomic mass is 10.2. The lowest BCUT2D eigenvalue weighted by Gasteiger charge is -2.13. The minimum absolute atomic E-state index is 0.547. The molecule has 2 nitrogen and oxygen atoms in total. The highest BCUT2D eigenvalue weighted by molar-refractivity contribution is 7.99. The Morgan fingerprint density at radius 3 is 3.07 bits per heavy atom. The molecule has 0 spiro atoms. The van der Waals surface area contributed by atoms with E-state index in [9.17, 15) is 0 Å². The number of thioether (sulfide) groups is 1. The van der Waals surface area contributed by atoms with Crippen molar-refractivity contribution in [3.63, 3.8) is 0 Å². The average molecular weight is 231 g/mol. The van der Waals surface area contributed by atoms with Gasteiger partial charge in [-0.3, -0.25) is 0 Å². The maximum atomic E-state index is 5.60. The zero-order valence-corrected chi connectivity index (χ0v) is 10.9. The van der Waals surface area contributed by atoms with Crippen LogP contribution < -0.4 is 5.32 Å². The number of rotatable bonds is 8. The third-order valence-corrected chi connectivity index (χ3v) is 4.06. The second-order valence-electron chi connectivity index (χ2n) is 4.48. The highest BCUT2D eigenvalue weighted by Crippen LogP contribution is 2.18. The molecule has 0 amide bonds. The van der Waals surface area contributed by atoms with E-state index >= 15 is 0 Å². The van der Waals surface area contributed by atoms with Gasteiger partial charge in [0.2, 0.25) is 0 Å². The fourth-order valence-corrected chi connectivity index (χ4v) is 2.94. The van der Waals surface area contributed by atoms with Gasteiger partial charge in [0.15, 0.2) is 0 Å². The van der Waals surface area contributed by atoms with Crippen molar-refractivity contribution in [2.45, 2.75) is 39.2 Å². The molecular weight excluding hydrogens is 206 g/mol. The number of ether oxygens (including phenoxy) is 1. The van der Waals surface area contributed by atoms with Gasteiger partial charge in [-0.1, -0.05) is 13.8 Å². The predicted octanol–water partition coefficient (Wildman–Crippen LogP) is 2.53. The first-order chi connectivity index (χ1) is 7.33. The van der Waals surface area contributed by atoms with E-state index < -0.39 is 0 Å². The zero-order valence-electron chi connectivity index (χ0n) is 10.1. The van der Waals surface area contributed by atoms with Gasteiger partial charge in [-0.05, 0) is 44.0 Å². The number of nitrogens with one attached hydrogen (secondary N) is 1. The van der Waals surface area contributed by atoms with E-state index in [-0.39, 0.29) is 0 Å². The van der Waals surface area contributed by atoms with Crippen molar-refractivity contribution in [2.24, 2.45) is 5.92 Å². The Labute approximate surface area is 98.5 Å². The van der Waals surface area contributed by atoms with E-state index in [1.54, 1.807) is 0 Å². The molecule has 15 heavy (non-hydrogen) atoms. The summed E-state index contributed by atoms with van der Waals surface area (Å²) >= 11 is 2.05. The summed E-state index contributed by atoms with van der Waals surface area (Å²) in [5.74, 6) is 3.23. The van der Waals surface area contributed by atoms with Crippen LogP contribution in [0.4, 0.5) is 0 Å². The van der Waals surface area contributed by atoms with Crippen molar-refractivity contribution in [3.8, 4) is 0 Å². The molecule has 1 saturated heterocycles. The van der Waals surface area contributed by atoms with E-state index in [1.165, 1.54) is 30.8 Å². The second-order valence-corrected chi connectivity index (χ2v) is 5.56. The quantitative estimate of drug-likeness (QED) is 0.649. The normalized spacial score (nSPS) is 23.2. The summed E-state index contributed by atoms with van der Waals surface area (Å²) in [4.78, 5) is 0. The molecule has 1 N–H and O–H groups in total. The van der Waals surface area contributed by atoms with Crippen molar-refractivity contribution < 1.29 is 4.74 Å². The monoisotopic (exact) mass is 231 g/mol. The highest BCUT2D eigenvalue weighted by Gasteiger charge is 2.15. The molecule has 1 heterocycles. The van der Waals surface area contributed by atoms with Crippen molar-refractivity contribution in [1.82, 2.24) is 5.32 Å². The first-order valence-electron chi connectivity index (χ1n) is 6.23. The second kappa shape index (κ2) is 8.43. The Kier molecular flexibility index (Phi) is 7.49. The molecule has 0 aliphatic carbocycles. The summed E-state index contributed by atoms with van der Waals surface area (Å²) in [6, 6.07) is 0. The van der Waals surface area contributed by atoms with Crippen LogP contribution in [0, 0.1) is 5.92 Å². The molecule has 0 saturated carbocycles. The van der Waals surface area contributed by atoms with Gasteiger partial charge < -0.3 is 10.1 Å². The molecule has 1 fully saturated rings. The molecular formula is C12H25NOS. The molecule has 1 rings (SSSR count). The Balaban J connectivity index is 1.89. The minimum atomic E-state index is 0.547. The zero-order chi connectivity index (χ0) is 10.9. The molecule has 0 bridgehead atoms. The van der Waals surface area contributed by atoms with Crippen molar-refractivity contribution >= 4 is 11.8 Å². The van der Waals surface area contributed by atoms with Crippen LogP contribution >= 0.6 is 11.8 Å². The van der Waals surface area contributed by atoms with Gasteiger partial charge in [0.25, 0.3) is 0 Å². The predicted molar refractivity (Wildman–Crippen MR) is 68.6 cm³/mol. The molecule has 0 aromatic heterocycles. The summed E-state index contributed by atoms with van der Waals surface area (Å²) in [6.45, 7) is 7.83. The number of hydrogen-bond acceptors (Lipinski definition) is 3. The topological polar surface area (TPSA) is 21.3 Å². The smallest absolute Gasteiger partial charge is 0.0666 e. The van der Waals surface area contributed by atoms with Crippen molar-refractivity contribution in [2.75, 3.05) is 31.2 Å². The maximum absolute atomic E-state index is 5.60. The van der Waals surface area contributed by atoms with Gasteiger partial charge in [0.1, 0.15) is 0 Å². The van der Waals surface area contributed by atoms with E-state index in [0.717, 1.165) is 25.6 Å². The Bertz CT molecular complexity index is 149. The van der Waals surface area contributed by atoms with Gasteiger partial charge >= 0.3 is 0 Å². The molecule has 2 atom stereocenters. The summed E-state index contributed by atoms with van der Waals surface area (Å²) in [5, 5.41) is 3.47. The third-order valence-electron chi connectivity index (χ3n) is 2.65. The lowest BCUT2D eigenvalue weighted by Crippen LogP contribution is -2.23. The highest BCUT2D eigenvalue weighted by atomic mass is 32.2. The van der Waals surface area contributed by atoms with Crippen LogP contribution in [0.2, 0.25) is 0 Å². The molecule has 90 valence electrons. The summed E-state index contributed by atoms with van der Waals surface area (Å²) in [7, 11) is 0. The molecule has 3 heteroatoms. The average Bonchev–Trinajstić information content (AvgIpc) is 2.71. The number of hydrogen-bond donors (Lipinski definition) is 1. The fraction of sp³-hybridized carbons (Fsp3) is 1.00. The van der Waals surface area contributed by atoms with Gasteiger partial charge in [-0.15, -0.1) is 0 Å². The maximum Gasteiger partial charge on any atom is 0.0666 e. The standard InChI is InChI=1S/C12H25NOS/c1-3-6-13-8-11(2)9-15-10-12-5-4-7-14-12/h11-13H,3-10H2,1-2H3. The largest absolute Gasteiger partial charge is 0.377 e. The molecule has 2 unspecified atom stereocenters. The van der Waals surface area contributed by atoms with Crippen molar-refractivity contribution in [3.05, 3.63) is 0 Å². The molecule has 0 radical (unpaired) electrons. The van der Waals surface area contributed by atoms with Crippen LogP contribution in [-0.2, 0) is 4.74 Å². The van der Waals surface area contributed by atoms with Gasteiger partial charge in [0.05, 0.1) is 6.10 Å². The molecule has 1 aliphatic rings. The molecule has 0 aromatic rings. The van der Waals surface area contributed by atoms with Crippen LogP contribution in [0.1, 0.15) is 33.1 Å². The summed E-state index contributed by atoms with van der Waals surface area (Å²) in [6.07, 6.45) is 4.31. The molecule has 1 aliphatic heterocycles.